The monoisotopic (exact) mass is 294 g/mol. The van der Waals surface area contributed by atoms with Gasteiger partial charge in [-0.2, -0.15) is 0 Å². The van der Waals surface area contributed by atoms with Gasteiger partial charge in [0.1, 0.15) is 6.10 Å². The molecule has 0 saturated heterocycles. The van der Waals surface area contributed by atoms with E-state index in [0.717, 1.165) is 25.8 Å². The fourth-order valence-corrected chi connectivity index (χ4v) is 2.82. The van der Waals surface area contributed by atoms with Gasteiger partial charge in [-0.05, 0) is 43.7 Å². The van der Waals surface area contributed by atoms with Gasteiger partial charge in [-0.1, -0.05) is 27.2 Å². The zero-order valence-electron chi connectivity index (χ0n) is 13.4. The van der Waals surface area contributed by atoms with Gasteiger partial charge < -0.3 is 10.1 Å². The quantitative estimate of drug-likeness (QED) is 0.863. The van der Waals surface area contributed by atoms with E-state index in [1.165, 1.54) is 6.42 Å². The molecule has 1 saturated carbocycles. The molecule has 1 fully saturated rings. The molecule has 2 rings (SSSR count). The summed E-state index contributed by atoms with van der Waals surface area (Å²) in [6, 6.07) is 1.72. The van der Waals surface area contributed by atoms with E-state index in [1.54, 1.807) is 12.3 Å². The van der Waals surface area contributed by atoms with Crippen LogP contribution in [0.25, 0.3) is 0 Å². The van der Waals surface area contributed by atoms with Crippen molar-refractivity contribution in [2.45, 2.75) is 59.1 Å². The van der Waals surface area contributed by atoms with Gasteiger partial charge in [0.2, 0.25) is 0 Å². The summed E-state index contributed by atoms with van der Waals surface area (Å²) >= 11 is 0. The van der Waals surface area contributed by atoms with E-state index >= 15 is 0 Å². The van der Waals surface area contributed by atoms with E-state index in [0.29, 0.717) is 23.9 Å². The summed E-state index contributed by atoms with van der Waals surface area (Å²) in [4.78, 5) is 4.08. The summed E-state index contributed by atoms with van der Waals surface area (Å²) in [6.45, 7) is 7.89. The van der Waals surface area contributed by atoms with E-state index in [-0.39, 0.29) is 17.8 Å². The first kappa shape index (κ1) is 16.2. The average Bonchev–Trinajstić information content (AvgIpc) is 2.42. The lowest BCUT2D eigenvalue weighted by molar-refractivity contribution is 0.118. The molecule has 1 heterocycles. The van der Waals surface area contributed by atoms with Crippen LogP contribution < -0.4 is 10.1 Å². The number of pyridine rings is 1. The minimum atomic E-state index is -0.313. The number of ether oxygens (including phenoxy) is 1. The molecule has 3 nitrogen and oxygen atoms in total. The van der Waals surface area contributed by atoms with Gasteiger partial charge in [0.05, 0.1) is 0 Å². The Balaban J connectivity index is 1.96. The normalized spacial score (nSPS) is 22.5. The molecule has 1 aromatic heterocycles. The van der Waals surface area contributed by atoms with Crippen LogP contribution in [0.3, 0.4) is 0 Å². The first-order valence-corrected chi connectivity index (χ1v) is 8.07. The summed E-state index contributed by atoms with van der Waals surface area (Å²) in [5, 5.41) is 3.26. The Kier molecular flexibility index (Phi) is 5.97. The van der Waals surface area contributed by atoms with Crippen LogP contribution in [-0.4, -0.2) is 17.6 Å². The highest BCUT2D eigenvalue weighted by Crippen LogP contribution is 2.28. The highest BCUT2D eigenvalue weighted by Gasteiger charge is 2.22. The largest absolute Gasteiger partial charge is 0.472 e. The topological polar surface area (TPSA) is 34.2 Å². The second-order valence-electron chi connectivity index (χ2n) is 6.63. The zero-order chi connectivity index (χ0) is 15.2. The van der Waals surface area contributed by atoms with Crippen LogP contribution in [0.5, 0.6) is 5.88 Å². The standard InChI is InChI=1S/C17H27FN2O/c1-12(2)10-19-11-14-7-8-20-17(16(14)18)21-15-6-4-5-13(3)9-15/h7-8,12-13,15,19H,4-6,9-11H2,1-3H3. The molecule has 118 valence electrons. The van der Waals surface area contributed by atoms with Gasteiger partial charge in [-0.25, -0.2) is 9.37 Å². The van der Waals surface area contributed by atoms with Gasteiger partial charge in [-0.3, -0.25) is 0 Å². The molecule has 1 aliphatic carbocycles. The van der Waals surface area contributed by atoms with E-state index < -0.39 is 0 Å². The molecular weight excluding hydrogens is 267 g/mol. The van der Waals surface area contributed by atoms with Crippen LogP contribution >= 0.6 is 0 Å². The highest BCUT2D eigenvalue weighted by atomic mass is 19.1. The van der Waals surface area contributed by atoms with Crippen molar-refractivity contribution in [1.29, 1.82) is 0 Å². The average molecular weight is 294 g/mol. The lowest BCUT2D eigenvalue weighted by Crippen LogP contribution is -2.25. The summed E-state index contributed by atoms with van der Waals surface area (Å²) < 4.78 is 20.2. The molecule has 0 bridgehead atoms. The van der Waals surface area contributed by atoms with Gasteiger partial charge in [0.15, 0.2) is 5.82 Å². The van der Waals surface area contributed by atoms with Gasteiger partial charge in [-0.15, -0.1) is 0 Å². The first-order chi connectivity index (χ1) is 10.1. The van der Waals surface area contributed by atoms with Crippen molar-refractivity contribution in [3.8, 4) is 5.88 Å². The minimum Gasteiger partial charge on any atom is -0.472 e. The molecule has 0 spiro atoms. The lowest BCUT2D eigenvalue weighted by atomic mass is 9.89. The highest BCUT2D eigenvalue weighted by molar-refractivity contribution is 5.23. The Bertz CT molecular complexity index is 450. The Morgan fingerprint density at radius 3 is 2.95 bits per heavy atom. The number of halogens is 1. The van der Waals surface area contributed by atoms with Crippen LogP contribution in [-0.2, 0) is 6.54 Å². The van der Waals surface area contributed by atoms with Crippen molar-refractivity contribution in [2.24, 2.45) is 11.8 Å². The predicted octanol–water partition coefficient (Wildman–Crippen LogP) is 3.92. The second-order valence-corrected chi connectivity index (χ2v) is 6.63. The molecular formula is C17H27FN2O. The molecule has 1 aromatic rings. The zero-order valence-corrected chi connectivity index (χ0v) is 13.4. The molecule has 1 N–H and O–H groups in total. The molecule has 2 unspecified atom stereocenters. The number of hydrogen-bond acceptors (Lipinski definition) is 3. The maximum absolute atomic E-state index is 14.4. The van der Waals surface area contributed by atoms with Crippen LogP contribution in [0.4, 0.5) is 4.39 Å². The Morgan fingerprint density at radius 2 is 2.24 bits per heavy atom. The third-order valence-electron chi connectivity index (χ3n) is 3.97. The first-order valence-electron chi connectivity index (χ1n) is 8.07. The number of rotatable bonds is 6. The van der Waals surface area contributed by atoms with Gasteiger partial charge in [0, 0.05) is 18.3 Å². The van der Waals surface area contributed by atoms with Crippen LogP contribution in [0.1, 0.15) is 52.0 Å². The fourth-order valence-electron chi connectivity index (χ4n) is 2.82. The summed E-state index contributed by atoms with van der Waals surface area (Å²) in [7, 11) is 0. The van der Waals surface area contributed by atoms with E-state index in [1.807, 2.05) is 0 Å². The molecule has 4 heteroatoms. The summed E-state index contributed by atoms with van der Waals surface area (Å²) in [5.74, 6) is 1.06. The van der Waals surface area contributed by atoms with Crippen molar-refractivity contribution >= 4 is 0 Å². The maximum atomic E-state index is 14.4. The van der Waals surface area contributed by atoms with E-state index in [4.69, 9.17) is 4.74 Å². The van der Waals surface area contributed by atoms with Crippen LogP contribution in [0.15, 0.2) is 12.3 Å². The Hall–Kier alpha value is -1.16. The molecule has 0 amide bonds. The number of nitrogens with zero attached hydrogens (tertiary/aromatic N) is 1. The molecule has 0 radical (unpaired) electrons. The number of nitrogens with one attached hydrogen (secondary N) is 1. The van der Waals surface area contributed by atoms with E-state index in [2.05, 4.69) is 31.1 Å². The molecule has 0 aliphatic heterocycles. The Morgan fingerprint density at radius 1 is 1.43 bits per heavy atom. The number of hydrogen-bond donors (Lipinski definition) is 1. The predicted molar refractivity (Wildman–Crippen MR) is 82.8 cm³/mol. The van der Waals surface area contributed by atoms with Gasteiger partial charge >= 0.3 is 0 Å². The maximum Gasteiger partial charge on any atom is 0.250 e. The smallest absolute Gasteiger partial charge is 0.250 e. The fraction of sp³-hybridized carbons (Fsp3) is 0.706. The van der Waals surface area contributed by atoms with E-state index in [9.17, 15) is 4.39 Å². The molecule has 2 atom stereocenters. The molecule has 21 heavy (non-hydrogen) atoms. The molecule has 0 aromatic carbocycles. The SMILES string of the molecule is CC(C)CNCc1ccnc(OC2CCCC(C)C2)c1F. The van der Waals surface area contributed by atoms with Crippen LogP contribution in [0, 0.1) is 17.7 Å². The summed E-state index contributed by atoms with van der Waals surface area (Å²) in [5.41, 5.74) is 0.629. The van der Waals surface area contributed by atoms with Gasteiger partial charge in [0.25, 0.3) is 5.88 Å². The second kappa shape index (κ2) is 7.74. The van der Waals surface area contributed by atoms with Crippen molar-refractivity contribution in [1.82, 2.24) is 10.3 Å². The third kappa shape index (κ3) is 4.95. The Labute approximate surface area is 127 Å². The van der Waals surface area contributed by atoms with Crippen molar-refractivity contribution in [3.05, 3.63) is 23.6 Å². The van der Waals surface area contributed by atoms with Crippen molar-refractivity contribution in [2.75, 3.05) is 6.54 Å². The van der Waals surface area contributed by atoms with Crippen molar-refractivity contribution < 1.29 is 9.13 Å². The van der Waals surface area contributed by atoms with Crippen LogP contribution in [0.2, 0.25) is 0 Å². The van der Waals surface area contributed by atoms with Crippen molar-refractivity contribution in [3.63, 3.8) is 0 Å². The minimum absolute atomic E-state index is 0.106. The number of aromatic nitrogens is 1. The molecule has 1 aliphatic rings. The summed E-state index contributed by atoms with van der Waals surface area (Å²) in [6.07, 6.45) is 6.14. The lowest BCUT2D eigenvalue weighted by Gasteiger charge is -2.27. The third-order valence-corrected chi connectivity index (χ3v) is 3.97.